The number of amides is 1. The summed E-state index contributed by atoms with van der Waals surface area (Å²) < 4.78 is 114. The van der Waals surface area contributed by atoms with E-state index in [-0.39, 0.29) is 46.8 Å². The summed E-state index contributed by atoms with van der Waals surface area (Å²) in [7, 11) is -4.72. The van der Waals surface area contributed by atoms with Gasteiger partial charge in [-0.1, -0.05) is 60.7 Å². The first-order chi connectivity index (χ1) is 23.9. The zero-order valence-electron chi connectivity index (χ0n) is 26.1. The number of sulfonamides is 1. The van der Waals surface area contributed by atoms with Crippen molar-refractivity contribution in [3.63, 3.8) is 0 Å². The van der Waals surface area contributed by atoms with E-state index in [9.17, 15) is 40.0 Å². The van der Waals surface area contributed by atoms with Gasteiger partial charge in [-0.3, -0.25) is 4.79 Å². The number of hydrogen-bond donors (Lipinski definition) is 0. The van der Waals surface area contributed by atoms with Crippen LogP contribution in [-0.2, 0) is 39.3 Å². The second-order valence-electron chi connectivity index (χ2n) is 10.7. The SMILES string of the molecule is CN(CC(=O)N(Cc1ccco1)c1ccc(C(=O)OCc2ccccc2)c(OCc2ccccc2)c1)S(=O)(=O)c1c(F)c(F)c(F)c(F)c1F. The molecule has 5 rings (SSSR count). The zero-order chi connectivity index (χ0) is 36.0. The summed E-state index contributed by atoms with van der Waals surface area (Å²) in [5.74, 6) is -14.2. The zero-order valence-corrected chi connectivity index (χ0v) is 26.9. The molecular formula is C35H27F5N2O7S. The van der Waals surface area contributed by atoms with Crippen molar-refractivity contribution in [1.29, 1.82) is 0 Å². The third-order valence-electron chi connectivity index (χ3n) is 7.34. The number of nitrogens with zero attached hydrogens (tertiary/aromatic N) is 2. The smallest absolute Gasteiger partial charge is 0.342 e. The summed E-state index contributed by atoms with van der Waals surface area (Å²) >= 11 is 0. The maximum atomic E-state index is 14.5. The van der Waals surface area contributed by atoms with E-state index >= 15 is 0 Å². The molecule has 1 heterocycles. The minimum absolute atomic E-state index is 0.00170. The van der Waals surface area contributed by atoms with Gasteiger partial charge in [-0.15, -0.1) is 0 Å². The van der Waals surface area contributed by atoms with Crippen molar-refractivity contribution in [2.24, 2.45) is 0 Å². The lowest BCUT2D eigenvalue weighted by molar-refractivity contribution is -0.118. The molecule has 0 unspecified atom stereocenters. The van der Waals surface area contributed by atoms with Crippen LogP contribution in [0.4, 0.5) is 27.6 Å². The highest BCUT2D eigenvalue weighted by Gasteiger charge is 2.37. The molecule has 0 atom stereocenters. The Morgan fingerprint density at radius 3 is 1.90 bits per heavy atom. The summed E-state index contributed by atoms with van der Waals surface area (Å²) in [5.41, 5.74) is 1.53. The van der Waals surface area contributed by atoms with Crippen molar-refractivity contribution < 1.29 is 53.8 Å². The van der Waals surface area contributed by atoms with Crippen LogP contribution in [0.1, 0.15) is 27.2 Å². The van der Waals surface area contributed by atoms with Crippen LogP contribution in [0.3, 0.4) is 0 Å². The van der Waals surface area contributed by atoms with Gasteiger partial charge in [0.25, 0.3) is 0 Å². The van der Waals surface area contributed by atoms with Crippen LogP contribution >= 0.6 is 0 Å². The fourth-order valence-electron chi connectivity index (χ4n) is 4.71. The predicted molar refractivity (Wildman–Crippen MR) is 169 cm³/mol. The molecule has 0 fully saturated rings. The monoisotopic (exact) mass is 714 g/mol. The number of halogens is 5. The second kappa shape index (κ2) is 15.3. The lowest BCUT2D eigenvalue weighted by Crippen LogP contribution is -2.41. The molecule has 0 N–H and O–H groups in total. The standard InChI is InChI=1S/C35H27F5N2O7S/c1-41(50(45,46)34-32(39)30(37)29(36)31(38)33(34)40)19-28(43)42(18-25-13-8-16-47-25)24-14-15-26(35(44)49-21-23-11-6-3-7-12-23)27(17-24)48-20-22-9-4-2-5-10-22/h2-17H,18-21H2,1H3. The summed E-state index contributed by atoms with van der Waals surface area (Å²) in [4.78, 5) is 25.9. The van der Waals surface area contributed by atoms with Crippen LogP contribution < -0.4 is 9.64 Å². The normalized spacial score (nSPS) is 11.4. The summed E-state index contributed by atoms with van der Waals surface area (Å²) in [6, 6.07) is 24.9. The highest BCUT2D eigenvalue weighted by atomic mass is 32.2. The third-order valence-corrected chi connectivity index (χ3v) is 9.16. The highest BCUT2D eigenvalue weighted by molar-refractivity contribution is 7.89. The molecule has 0 bridgehead atoms. The number of anilines is 1. The lowest BCUT2D eigenvalue weighted by atomic mass is 10.1. The van der Waals surface area contributed by atoms with Crippen molar-refractivity contribution in [2.45, 2.75) is 24.7 Å². The van der Waals surface area contributed by atoms with Gasteiger partial charge in [0, 0.05) is 18.8 Å². The third kappa shape index (κ3) is 7.84. The van der Waals surface area contributed by atoms with Gasteiger partial charge in [-0.2, -0.15) is 4.31 Å². The number of carbonyl (C=O) groups excluding carboxylic acids is 2. The predicted octanol–water partition coefficient (Wildman–Crippen LogP) is 6.77. The number of ether oxygens (including phenoxy) is 2. The maximum absolute atomic E-state index is 14.5. The lowest BCUT2D eigenvalue weighted by Gasteiger charge is -2.26. The summed E-state index contributed by atoms with van der Waals surface area (Å²) in [5, 5.41) is 0. The topological polar surface area (TPSA) is 106 Å². The molecule has 260 valence electrons. The number of furan rings is 1. The Kier molecular flexibility index (Phi) is 11.0. The molecule has 0 saturated heterocycles. The minimum Gasteiger partial charge on any atom is -0.488 e. The molecule has 0 radical (unpaired) electrons. The van der Waals surface area contributed by atoms with E-state index in [0.29, 0.717) is 0 Å². The molecule has 15 heteroatoms. The van der Waals surface area contributed by atoms with E-state index in [1.54, 1.807) is 54.6 Å². The summed E-state index contributed by atoms with van der Waals surface area (Å²) in [6.07, 6.45) is 1.32. The molecule has 1 aromatic heterocycles. The van der Waals surface area contributed by atoms with Crippen LogP contribution in [0.15, 0.2) is 107 Å². The number of hydrogen-bond acceptors (Lipinski definition) is 7. The second-order valence-corrected chi connectivity index (χ2v) is 12.7. The Balaban J connectivity index is 1.48. The van der Waals surface area contributed by atoms with Gasteiger partial charge >= 0.3 is 5.97 Å². The largest absolute Gasteiger partial charge is 0.488 e. The molecule has 0 aliphatic rings. The fraction of sp³-hybridized carbons (Fsp3) is 0.143. The van der Waals surface area contributed by atoms with Crippen LogP contribution in [0.25, 0.3) is 0 Å². The Morgan fingerprint density at radius 1 is 0.740 bits per heavy atom. The van der Waals surface area contributed by atoms with Crippen LogP contribution in [0, 0.1) is 29.1 Å². The average molecular weight is 715 g/mol. The molecular weight excluding hydrogens is 687 g/mol. The number of carbonyl (C=O) groups is 2. The fourth-order valence-corrected chi connectivity index (χ4v) is 5.94. The Hall–Kier alpha value is -5.54. The maximum Gasteiger partial charge on any atom is 0.342 e. The van der Waals surface area contributed by atoms with E-state index < -0.39 is 62.4 Å². The molecule has 4 aromatic carbocycles. The number of benzene rings is 4. The highest BCUT2D eigenvalue weighted by Crippen LogP contribution is 2.31. The number of likely N-dealkylation sites (N-methyl/N-ethyl adjacent to an activating group) is 1. The minimum atomic E-state index is -5.45. The van der Waals surface area contributed by atoms with E-state index in [0.717, 1.165) is 23.1 Å². The average Bonchev–Trinajstić information content (AvgIpc) is 3.64. The van der Waals surface area contributed by atoms with Crippen molar-refractivity contribution in [3.8, 4) is 5.75 Å². The molecule has 1 amide bonds. The van der Waals surface area contributed by atoms with E-state index in [1.165, 1.54) is 36.6 Å². The van der Waals surface area contributed by atoms with Gasteiger partial charge in [0.2, 0.25) is 21.7 Å². The molecule has 0 aliphatic carbocycles. The van der Waals surface area contributed by atoms with Crippen LogP contribution in [-0.4, -0.2) is 38.2 Å². The molecule has 0 aliphatic heterocycles. The first-order valence-electron chi connectivity index (χ1n) is 14.7. The van der Waals surface area contributed by atoms with Crippen molar-refractivity contribution in [1.82, 2.24) is 4.31 Å². The Bertz CT molecular complexity index is 2070. The number of rotatable bonds is 13. The van der Waals surface area contributed by atoms with Gasteiger partial charge in [0.1, 0.15) is 30.3 Å². The quantitative estimate of drug-likeness (QED) is 0.0574. The van der Waals surface area contributed by atoms with Gasteiger partial charge in [0.05, 0.1) is 19.4 Å². The van der Waals surface area contributed by atoms with Crippen molar-refractivity contribution >= 4 is 27.6 Å². The molecule has 0 saturated carbocycles. The van der Waals surface area contributed by atoms with Gasteiger partial charge in [-0.05, 0) is 35.4 Å². The first kappa shape index (κ1) is 35.8. The molecule has 0 spiro atoms. The van der Waals surface area contributed by atoms with Gasteiger partial charge < -0.3 is 18.8 Å². The van der Waals surface area contributed by atoms with Gasteiger partial charge in [-0.25, -0.2) is 35.2 Å². The van der Waals surface area contributed by atoms with Crippen LogP contribution in [0.2, 0.25) is 0 Å². The molecule has 5 aromatic rings. The Morgan fingerprint density at radius 2 is 1.32 bits per heavy atom. The van der Waals surface area contributed by atoms with E-state index in [2.05, 4.69) is 0 Å². The molecule has 9 nitrogen and oxygen atoms in total. The molecule has 50 heavy (non-hydrogen) atoms. The summed E-state index contributed by atoms with van der Waals surface area (Å²) in [6.45, 7) is -1.48. The van der Waals surface area contributed by atoms with E-state index in [1.807, 2.05) is 6.07 Å². The van der Waals surface area contributed by atoms with Crippen molar-refractivity contribution in [3.05, 3.63) is 149 Å². The first-order valence-corrected chi connectivity index (χ1v) is 16.1. The van der Waals surface area contributed by atoms with E-state index in [4.69, 9.17) is 13.9 Å². The van der Waals surface area contributed by atoms with Crippen molar-refractivity contribution in [2.75, 3.05) is 18.5 Å². The number of esters is 1. The van der Waals surface area contributed by atoms with Gasteiger partial charge in [0.15, 0.2) is 28.2 Å². The van der Waals surface area contributed by atoms with Crippen LogP contribution in [0.5, 0.6) is 5.75 Å². The Labute approximate surface area is 283 Å².